The number of carbonyl (C=O) groups is 2. The first-order chi connectivity index (χ1) is 11.6. The van der Waals surface area contributed by atoms with Crippen LogP contribution in [0.4, 0.5) is 10.5 Å². The van der Waals surface area contributed by atoms with Crippen LogP contribution in [0.25, 0.3) is 11.0 Å². The van der Waals surface area contributed by atoms with E-state index in [1.165, 1.54) is 4.90 Å². The van der Waals surface area contributed by atoms with E-state index in [1.54, 1.807) is 0 Å². The number of likely N-dealkylation sites (tertiary alicyclic amines) is 1. The summed E-state index contributed by atoms with van der Waals surface area (Å²) in [6.07, 6.45) is 3.13. The molecule has 2 N–H and O–H groups in total. The first-order valence-electron chi connectivity index (χ1n) is 8.29. The van der Waals surface area contributed by atoms with Gasteiger partial charge in [-0.1, -0.05) is 5.16 Å². The monoisotopic (exact) mass is 329 g/mol. The van der Waals surface area contributed by atoms with Gasteiger partial charge >= 0.3 is 6.09 Å². The normalized spacial score (nSPS) is 18.0. The maximum absolute atomic E-state index is 11.5. The topological polar surface area (TPSA) is 95.7 Å². The lowest BCUT2D eigenvalue weighted by Gasteiger charge is -2.29. The van der Waals surface area contributed by atoms with Crippen molar-refractivity contribution in [3.8, 4) is 0 Å². The number of carbonyl (C=O) groups excluding carboxylic acids is 1. The lowest BCUT2D eigenvalue weighted by molar-refractivity contribution is -0.115. The Hall–Kier alpha value is -2.57. The Morgan fingerprint density at radius 1 is 1.38 bits per heavy atom. The molecular formula is C17H19N3O4. The van der Waals surface area contributed by atoms with Gasteiger partial charge in [-0.3, -0.25) is 4.79 Å². The Bertz CT molecular complexity index is 806. The van der Waals surface area contributed by atoms with E-state index in [4.69, 9.17) is 9.63 Å². The maximum atomic E-state index is 11.5. The van der Waals surface area contributed by atoms with Crippen molar-refractivity contribution in [2.24, 2.45) is 5.92 Å². The highest BCUT2D eigenvalue weighted by molar-refractivity contribution is 6.02. The molecule has 2 aliphatic heterocycles. The van der Waals surface area contributed by atoms with Crippen molar-refractivity contribution >= 4 is 28.7 Å². The van der Waals surface area contributed by atoms with Gasteiger partial charge in [-0.25, -0.2) is 4.79 Å². The zero-order valence-electron chi connectivity index (χ0n) is 13.2. The van der Waals surface area contributed by atoms with E-state index in [2.05, 4.69) is 10.5 Å². The van der Waals surface area contributed by atoms with Crippen LogP contribution in [0.2, 0.25) is 0 Å². The van der Waals surface area contributed by atoms with Crippen LogP contribution in [0.3, 0.4) is 0 Å². The van der Waals surface area contributed by atoms with Gasteiger partial charge in [0.15, 0.2) is 5.58 Å². The number of hydrogen-bond donors (Lipinski definition) is 2. The van der Waals surface area contributed by atoms with Gasteiger partial charge in [-0.15, -0.1) is 0 Å². The molecule has 0 radical (unpaired) electrons. The minimum absolute atomic E-state index is 0.0114. The van der Waals surface area contributed by atoms with Crippen LogP contribution in [0.5, 0.6) is 0 Å². The number of nitrogens with zero attached hydrogens (tertiary/aromatic N) is 2. The quantitative estimate of drug-likeness (QED) is 0.902. The number of aryl methyl sites for hydroxylation is 1. The molecule has 0 bridgehead atoms. The second kappa shape index (κ2) is 5.81. The predicted molar refractivity (Wildman–Crippen MR) is 87.0 cm³/mol. The number of hydrogen-bond acceptors (Lipinski definition) is 4. The van der Waals surface area contributed by atoms with E-state index in [9.17, 15) is 9.59 Å². The molecule has 7 nitrogen and oxygen atoms in total. The second-order valence-electron chi connectivity index (χ2n) is 6.61. The molecular weight excluding hydrogens is 310 g/mol. The van der Waals surface area contributed by atoms with Gasteiger partial charge in [0.05, 0.1) is 12.1 Å². The molecule has 24 heavy (non-hydrogen) atoms. The number of piperidine rings is 1. The van der Waals surface area contributed by atoms with Crippen LogP contribution in [-0.2, 0) is 17.6 Å². The largest absolute Gasteiger partial charge is 0.465 e. The van der Waals surface area contributed by atoms with Crippen LogP contribution in [-0.4, -0.2) is 40.3 Å². The Kier molecular flexibility index (Phi) is 3.63. The van der Waals surface area contributed by atoms with Crippen molar-refractivity contribution < 1.29 is 19.2 Å². The summed E-state index contributed by atoms with van der Waals surface area (Å²) >= 11 is 0. The van der Waals surface area contributed by atoms with Crippen molar-refractivity contribution in [3.63, 3.8) is 0 Å². The Labute approximate surface area is 138 Å². The van der Waals surface area contributed by atoms with Crippen LogP contribution < -0.4 is 5.32 Å². The van der Waals surface area contributed by atoms with E-state index < -0.39 is 6.09 Å². The Balaban J connectivity index is 1.43. The van der Waals surface area contributed by atoms with E-state index in [0.29, 0.717) is 25.4 Å². The van der Waals surface area contributed by atoms with Crippen LogP contribution in [0.15, 0.2) is 16.7 Å². The third kappa shape index (κ3) is 2.70. The second-order valence-corrected chi connectivity index (χ2v) is 6.61. The molecule has 4 rings (SSSR count). The third-order valence-electron chi connectivity index (χ3n) is 5.07. The van der Waals surface area contributed by atoms with Crippen molar-refractivity contribution in [1.29, 1.82) is 0 Å². The number of nitrogens with one attached hydrogen (secondary N) is 1. The zero-order chi connectivity index (χ0) is 16.7. The standard InChI is InChI=1S/C17H19N3O4/c21-16-8-11-7-15-12(9-14(11)18-16)13(19-24-15)2-1-10-3-5-20(6-4-10)17(22)23/h7,9-10H,1-6,8H2,(H,18,21)(H,22,23). The number of carboxylic acid groups (broad SMARTS) is 1. The third-order valence-corrected chi connectivity index (χ3v) is 5.07. The van der Waals surface area contributed by atoms with E-state index in [1.807, 2.05) is 12.1 Å². The van der Waals surface area contributed by atoms with Gasteiger partial charge in [0.2, 0.25) is 5.91 Å². The first kappa shape index (κ1) is 15.0. The molecule has 0 unspecified atom stereocenters. The molecule has 1 fully saturated rings. The van der Waals surface area contributed by atoms with Crippen LogP contribution in [0, 0.1) is 5.92 Å². The maximum Gasteiger partial charge on any atom is 0.407 e. The SMILES string of the molecule is O=C1Cc2cc3onc(CCC4CCN(C(=O)O)CC4)c3cc2N1. The molecule has 3 heterocycles. The van der Waals surface area contributed by atoms with E-state index in [0.717, 1.165) is 53.6 Å². The van der Waals surface area contributed by atoms with Gasteiger partial charge < -0.3 is 19.8 Å². The first-order valence-corrected chi connectivity index (χ1v) is 8.29. The molecule has 2 aliphatic rings. The summed E-state index contributed by atoms with van der Waals surface area (Å²) in [5.41, 5.74) is 3.44. The van der Waals surface area contributed by atoms with Gasteiger partial charge in [-0.05, 0) is 49.3 Å². The molecule has 7 heteroatoms. The molecule has 1 saturated heterocycles. The minimum Gasteiger partial charge on any atom is -0.465 e. The number of fused-ring (bicyclic) bond motifs is 2. The summed E-state index contributed by atoms with van der Waals surface area (Å²) in [4.78, 5) is 23.9. The lowest BCUT2D eigenvalue weighted by Crippen LogP contribution is -2.37. The van der Waals surface area contributed by atoms with Gasteiger partial charge in [0, 0.05) is 24.2 Å². The lowest BCUT2D eigenvalue weighted by atomic mass is 9.91. The summed E-state index contributed by atoms with van der Waals surface area (Å²) in [6.45, 7) is 1.22. The summed E-state index contributed by atoms with van der Waals surface area (Å²) in [5.74, 6) is 0.527. The highest BCUT2D eigenvalue weighted by atomic mass is 16.5. The zero-order valence-corrected chi connectivity index (χ0v) is 13.2. The molecule has 0 aliphatic carbocycles. The molecule has 0 spiro atoms. The van der Waals surface area contributed by atoms with Crippen LogP contribution >= 0.6 is 0 Å². The van der Waals surface area contributed by atoms with Crippen molar-refractivity contribution in [2.75, 3.05) is 18.4 Å². The fraction of sp³-hybridized carbons (Fsp3) is 0.471. The summed E-state index contributed by atoms with van der Waals surface area (Å²) in [6, 6.07) is 3.85. The van der Waals surface area contributed by atoms with Crippen LogP contribution in [0.1, 0.15) is 30.5 Å². The highest BCUT2D eigenvalue weighted by Crippen LogP contribution is 2.31. The molecule has 0 saturated carbocycles. The van der Waals surface area contributed by atoms with Gasteiger partial charge in [0.1, 0.15) is 0 Å². The van der Waals surface area contributed by atoms with Gasteiger partial charge in [0.25, 0.3) is 0 Å². The average molecular weight is 329 g/mol. The fourth-order valence-electron chi connectivity index (χ4n) is 3.64. The average Bonchev–Trinajstić information content (AvgIpc) is 3.12. The predicted octanol–water partition coefficient (Wildman–Crippen LogP) is 2.65. The molecule has 0 atom stereocenters. The fourth-order valence-corrected chi connectivity index (χ4v) is 3.64. The molecule has 2 aromatic rings. The number of benzene rings is 1. The number of rotatable bonds is 3. The smallest absolute Gasteiger partial charge is 0.407 e. The van der Waals surface area contributed by atoms with Crippen molar-refractivity contribution in [1.82, 2.24) is 10.1 Å². The van der Waals surface area contributed by atoms with Crippen molar-refractivity contribution in [3.05, 3.63) is 23.4 Å². The molecule has 2 amide bonds. The summed E-state index contributed by atoms with van der Waals surface area (Å²) < 4.78 is 5.42. The number of amides is 2. The molecule has 126 valence electrons. The highest BCUT2D eigenvalue weighted by Gasteiger charge is 2.24. The molecule has 1 aromatic carbocycles. The summed E-state index contributed by atoms with van der Waals surface area (Å²) in [5, 5.41) is 17.0. The Morgan fingerprint density at radius 3 is 2.92 bits per heavy atom. The molecule has 1 aromatic heterocycles. The minimum atomic E-state index is -0.827. The summed E-state index contributed by atoms with van der Waals surface area (Å²) in [7, 11) is 0. The van der Waals surface area contributed by atoms with E-state index >= 15 is 0 Å². The van der Waals surface area contributed by atoms with E-state index in [-0.39, 0.29) is 5.91 Å². The number of anilines is 1. The number of aromatic nitrogens is 1. The van der Waals surface area contributed by atoms with Crippen molar-refractivity contribution in [2.45, 2.75) is 32.1 Å². The Morgan fingerprint density at radius 2 is 2.17 bits per heavy atom. The van der Waals surface area contributed by atoms with Gasteiger partial charge in [-0.2, -0.15) is 0 Å².